The molecule has 1 aromatic heterocycles. The Kier molecular flexibility index (Phi) is 5.43. The number of piperidine rings is 1. The average molecular weight is 378 g/mol. The van der Waals surface area contributed by atoms with Crippen molar-refractivity contribution in [1.29, 1.82) is 0 Å². The summed E-state index contributed by atoms with van der Waals surface area (Å²) in [5.74, 6) is 0.176. The van der Waals surface area contributed by atoms with E-state index in [2.05, 4.69) is 15.2 Å². The second kappa shape index (κ2) is 7.76. The van der Waals surface area contributed by atoms with E-state index in [-0.39, 0.29) is 11.9 Å². The normalized spacial score (nSPS) is 15.7. The molecule has 1 amide bonds. The third-order valence-corrected chi connectivity index (χ3v) is 4.80. The van der Waals surface area contributed by atoms with Crippen LogP contribution in [0.2, 0.25) is 5.02 Å². The fraction of sp³-hybridized carbons (Fsp3) is 0.353. The highest BCUT2D eigenvalue weighted by atomic mass is 35.5. The van der Waals surface area contributed by atoms with E-state index in [1.54, 1.807) is 18.3 Å². The predicted molar refractivity (Wildman–Crippen MR) is 98.7 cm³/mol. The number of aromatic nitrogens is 2. The molecule has 138 valence electrons. The van der Waals surface area contributed by atoms with Crippen molar-refractivity contribution in [1.82, 2.24) is 19.8 Å². The maximum Gasteiger partial charge on any atom is 0.404 e. The Morgan fingerprint density at radius 2 is 2.08 bits per heavy atom. The molecular weight excluding hydrogens is 358 g/mol. The lowest BCUT2D eigenvalue weighted by Gasteiger charge is -2.32. The van der Waals surface area contributed by atoms with E-state index in [0.29, 0.717) is 17.3 Å². The minimum atomic E-state index is -0.977. The summed E-state index contributed by atoms with van der Waals surface area (Å²) in [6.45, 7) is 2.27. The molecule has 0 saturated carbocycles. The number of hydrogen-bond acceptors (Lipinski definition) is 5. The number of nitrogens with two attached hydrogens (primary N) is 1. The Hall–Kier alpha value is -2.58. The molecule has 0 aliphatic carbocycles. The SMILES string of the molecule is Nc1ccn(-c2ccc(CN3CCC(NC(=O)O)CC3)c(Cl)c2)c(=O)n1. The lowest BCUT2D eigenvalue weighted by atomic mass is 10.0. The van der Waals surface area contributed by atoms with Crippen molar-refractivity contribution in [3.63, 3.8) is 0 Å². The first-order chi connectivity index (χ1) is 12.4. The number of carbonyl (C=O) groups is 1. The summed E-state index contributed by atoms with van der Waals surface area (Å²) in [5, 5.41) is 11.9. The maximum atomic E-state index is 11.9. The van der Waals surface area contributed by atoms with Gasteiger partial charge in [0.25, 0.3) is 0 Å². The van der Waals surface area contributed by atoms with Crippen molar-refractivity contribution in [2.24, 2.45) is 0 Å². The zero-order valence-corrected chi connectivity index (χ0v) is 14.8. The molecule has 0 spiro atoms. The van der Waals surface area contributed by atoms with Crippen molar-refractivity contribution in [3.8, 4) is 5.69 Å². The van der Waals surface area contributed by atoms with Crippen LogP contribution in [0.15, 0.2) is 35.3 Å². The second-order valence-corrected chi connectivity index (χ2v) is 6.69. The third kappa shape index (κ3) is 4.33. The zero-order valence-electron chi connectivity index (χ0n) is 14.1. The van der Waals surface area contributed by atoms with Crippen molar-refractivity contribution < 1.29 is 9.90 Å². The molecule has 0 unspecified atom stereocenters. The highest BCUT2D eigenvalue weighted by Gasteiger charge is 2.21. The van der Waals surface area contributed by atoms with Crippen molar-refractivity contribution in [2.45, 2.75) is 25.4 Å². The smallest absolute Gasteiger partial charge is 0.404 e. The molecule has 1 aliphatic heterocycles. The monoisotopic (exact) mass is 377 g/mol. The van der Waals surface area contributed by atoms with Gasteiger partial charge in [0.1, 0.15) is 5.82 Å². The molecule has 26 heavy (non-hydrogen) atoms. The summed E-state index contributed by atoms with van der Waals surface area (Å²) >= 11 is 6.40. The molecule has 1 aliphatic rings. The second-order valence-electron chi connectivity index (χ2n) is 6.28. The van der Waals surface area contributed by atoms with E-state index in [1.807, 2.05) is 12.1 Å². The van der Waals surface area contributed by atoms with Gasteiger partial charge in [0.05, 0.1) is 5.69 Å². The average Bonchev–Trinajstić information content (AvgIpc) is 2.58. The lowest BCUT2D eigenvalue weighted by molar-refractivity contribution is 0.165. The molecule has 4 N–H and O–H groups in total. The van der Waals surface area contributed by atoms with Crippen molar-refractivity contribution >= 4 is 23.5 Å². The molecule has 0 atom stereocenters. The number of nitrogens with one attached hydrogen (secondary N) is 1. The number of hydrogen-bond donors (Lipinski definition) is 3. The van der Waals surface area contributed by atoms with Crippen LogP contribution in [0, 0.1) is 0 Å². The van der Waals surface area contributed by atoms with Gasteiger partial charge in [-0.2, -0.15) is 4.98 Å². The fourth-order valence-electron chi connectivity index (χ4n) is 3.08. The van der Waals surface area contributed by atoms with Gasteiger partial charge in [-0.15, -0.1) is 0 Å². The Bertz CT molecular complexity index is 862. The highest BCUT2D eigenvalue weighted by Crippen LogP contribution is 2.23. The Morgan fingerprint density at radius 3 is 2.69 bits per heavy atom. The zero-order chi connectivity index (χ0) is 18.7. The minimum Gasteiger partial charge on any atom is -0.465 e. The van der Waals surface area contributed by atoms with Gasteiger partial charge < -0.3 is 16.2 Å². The first-order valence-corrected chi connectivity index (χ1v) is 8.66. The molecule has 1 fully saturated rings. The Morgan fingerprint density at radius 1 is 1.35 bits per heavy atom. The summed E-state index contributed by atoms with van der Waals surface area (Å²) in [7, 11) is 0. The third-order valence-electron chi connectivity index (χ3n) is 4.45. The molecule has 2 heterocycles. The fourth-order valence-corrected chi connectivity index (χ4v) is 3.31. The summed E-state index contributed by atoms with van der Waals surface area (Å²) < 4.78 is 1.38. The lowest BCUT2D eigenvalue weighted by Crippen LogP contribution is -2.43. The van der Waals surface area contributed by atoms with Gasteiger partial charge in [-0.3, -0.25) is 9.47 Å². The van der Waals surface area contributed by atoms with Crippen LogP contribution in [0.1, 0.15) is 18.4 Å². The maximum absolute atomic E-state index is 11.9. The van der Waals surface area contributed by atoms with Gasteiger partial charge in [-0.25, -0.2) is 9.59 Å². The molecule has 0 radical (unpaired) electrons. The van der Waals surface area contributed by atoms with Crippen LogP contribution < -0.4 is 16.7 Å². The van der Waals surface area contributed by atoms with Crippen molar-refractivity contribution in [3.05, 3.63) is 51.5 Å². The highest BCUT2D eigenvalue weighted by molar-refractivity contribution is 6.31. The van der Waals surface area contributed by atoms with E-state index in [0.717, 1.165) is 31.5 Å². The Balaban J connectivity index is 1.67. The van der Waals surface area contributed by atoms with Crippen LogP contribution in [0.5, 0.6) is 0 Å². The number of anilines is 1. The minimum absolute atomic E-state index is 0.00601. The molecule has 8 nitrogen and oxygen atoms in total. The number of nitrogens with zero attached hydrogens (tertiary/aromatic N) is 3. The van der Waals surface area contributed by atoms with Crippen LogP contribution in [-0.2, 0) is 6.54 Å². The topological polar surface area (TPSA) is 113 Å². The van der Waals surface area contributed by atoms with Crippen LogP contribution in [0.25, 0.3) is 5.69 Å². The number of carboxylic acid groups (broad SMARTS) is 1. The molecule has 3 rings (SSSR count). The summed E-state index contributed by atoms with van der Waals surface area (Å²) in [4.78, 5) is 28.6. The van der Waals surface area contributed by atoms with Gasteiger partial charge in [0.15, 0.2) is 0 Å². The van der Waals surface area contributed by atoms with E-state index in [9.17, 15) is 9.59 Å². The molecular formula is C17H20ClN5O3. The van der Waals surface area contributed by atoms with Crippen molar-refractivity contribution in [2.75, 3.05) is 18.8 Å². The van der Waals surface area contributed by atoms with E-state index in [4.69, 9.17) is 22.4 Å². The number of amides is 1. The van der Waals surface area contributed by atoms with Gasteiger partial charge in [0, 0.05) is 36.9 Å². The molecule has 1 aromatic carbocycles. The molecule has 0 bridgehead atoms. The molecule has 1 saturated heterocycles. The van der Waals surface area contributed by atoms with Gasteiger partial charge >= 0.3 is 11.8 Å². The first-order valence-electron chi connectivity index (χ1n) is 8.28. The van der Waals surface area contributed by atoms with Gasteiger partial charge in [0.2, 0.25) is 0 Å². The summed E-state index contributed by atoms with van der Waals surface area (Å²) in [5.41, 5.74) is 6.63. The number of rotatable bonds is 4. The molecule has 9 heteroatoms. The summed E-state index contributed by atoms with van der Waals surface area (Å²) in [6, 6.07) is 7.00. The van der Waals surface area contributed by atoms with Crippen LogP contribution in [0.4, 0.5) is 10.6 Å². The quantitative estimate of drug-likeness (QED) is 0.747. The number of halogens is 1. The van der Waals surface area contributed by atoms with E-state index < -0.39 is 11.8 Å². The molecule has 2 aromatic rings. The van der Waals surface area contributed by atoms with Gasteiger partial charge in [-0.05, 0) is 36.6 Å². The predicted octanol–water partition coefficient (Wildman–Crippen LogP) is 1.70. The number of nitrogen functional groups attached to an aromatic ring is 1. The largest absolute Gasteiger partial charge is 0.465 e. The first kappa shape index (κ1) is 18.2. The summed E-state index contributed by atoms with van der Waals surface area (Å²) in [6.07, 6.45) is 2.13. The number of likely N-dealkylation sites (tertiary alicyclic amines) is 1. The Labute approximate surface area is 155 Å². The van der Waals surface area contributed by atoms with Crippen LogP contribution in [0.3, 0.4) is 0 Å². The van der Waals surface area contributed by atoms with Crippen LogP contribution >= 0.6 is 11.6 Å². The van der Waals surface area contributed by atoms with E-state index in [1.165, 1.54) is 4.57 Å². The van der Waals surface area contributed by atoms with Crippen LogP contribution in [-0.4, -0.2) is 44.8 Å². The standard InChI is InChI=1S/C17H20ClN5O3/c18-14-9-13(23-8-5-15(19)21-16(23)24)2-1-11(14)10-22-6-3-12(4-7-22)20-17(25)26/h1-2,5,8-9,12,20H,3-4,6-7,10H2,(H,25,26)(H2,19,21,24). The van der Waals surface area contributed by atoms with Gasteiger partial charge in [-0.1, -0.05) is 17.7 Å². The van der Waals surface area contributed by atoms with E-state index >= 15 is 0 Å². The number of benzene rings is 1.